The average molecular weight is 485 g/mol. The first-order valence-electron chi connectivity index (χ1n) is 10.8. The Morgan fingerprint density at radius 1 is 1.15 bits per heavy atom. The largest absolute Gasteiger partial charge is 0.484 e. The summed E-state index contributed by atoms with van der Waals surface area (Å²) in [4.78, 5) is 14.4. The highest BCUT2D eigenvalue weighted by Gasteiger charge is 2.43. The molecule has 8 nitrogen and oxygen atoms in total. The van der Waals surface area contributed by atoms with Gasteiger partial charge in [0.25, 0.3) is 6.43 Å². The zero-order chi connectivity index (χ0) is 24.5. The normalized spacial score (nSPS) is 23.4. The average Bonchev–Trinajstić information content (AvgIpc) is 3.01. The Labute approximate surface area is 192 Å². The van der Waals surface area contributed by atoms with E-state index in [9.17, 15) is 22.0 Å². The van der Waals surface area contributed by atoms with Gasteiger partial charge in [-0.25, -0.2) is 18.7 Å². The number of anilines is 1. The van der Waals surface area contributed by atoms with Crippen molar-refractivity contribution in [2.45, 2.75) is 38.4 Å². The van der Waals surface area contributed by atoms with E-state index in [-0.39, 0.29) is 29.1 Å². The van der Waals surface area contributed by atoms with Gasteiger partial charge < -0.3 is 9.64 Å². The van der Waals surface area contributed by atoms with Crippen LogP contribution in [0.2, 0.25) is 0 Å². The van der Waals surface area contributed by atoms with Crippen molar-refractivity contribution in [1.29, 1.82) is 0 Å². The van der Waals surface area contributed by atoms with Gasteiger partial charge in [-0.2, -0.15) is 23.0 Å². The number of hydrogen-bond donors (Lipinski definition) is 0. The van der Waals surface area contributed by atoms with Crippen LogP contribution in [0.4, 0.5) is 27.8 Å². The molecular weight excluding hydrogens is 461 g/mol. The summed E-state index contributed by atoms with van der Waals surface area (Å²) in [5.74, 6) is 0.761. The molecule has 2 fully saturated rings. The lowest BCUT2D eigenvalue weighted by Gasteiger charge is -2.36. The Hall–Kier alpha value is -3.12. The Morgan fingerprint density at radius 3 is 2.44 bits per heavy atom. The van der Waals surface area contributed by atoms with E-state index in [4.69, 9.17) is 4.74 Å². The van der Waals surface area contributed by atoms with Crippen molar-refractivity contribution < 1.29 is 26.7 Å². The molecule has 0 N–H and O–H groups in total. The van der Waals surface area contributed by atoms with E-state index < -0.39 is 24.9 Å². The lowest BCUT2D eigenvalue weighted by Crippen LogP contribution is -2.44. The van der Waals surface area contributed by atoms with Crippen LogP contribution in [0, 0.1) is 18.8 Å². The summed E-state index contributed by atoms with van der Waals surface area (Å²) in [6.07, 6.45) is -4.30. The first kappa shape index (κ1) is 24.0. The van der Waals surface area contributed by atoms with Crippen LogP contribution in [0.3, 0.4) is 0 Å². The van der Waals surface area contributed by atoms with Gasteiger partial charge in [0.05, 0.1) is 6.04 Å². The van der Waals surface area contributed by atoms with Crippen molar-refractivity contribution in [2.24, 2.45) is 27.2 Å². The second-order valence-corrected chi connectivity index (χ2v) is 8.36. The van der Waals surface area contributed by atoms with Gasteiger partial charge in [0.1, 0.15) is 24.4 Å². The molecule has 1 saturated carbocycles. The lowest BCUT2D eigenvalue weighted by molar-refractivity contribution is -0.144. The summed E-state index contributed by atoms with van der Waals surface area (Å²) in [5, 5.41) is 8.23. The lowest BCUT2D eigenvalue weighted by atomic mass is 9.93. The maximum atomic E-state index is 13.7. The summed E-state index contributed by atoms with van der Waals surface area (Å²) >= 11 is 0. The fourth-order valence-corrected chi connectivity index (χ4v) is 4.59. The molecule has 2 aromatic heterocycles. The van der Waals surface area contributed by atoms with Crippen LogP contribution >= 0.6 is 0 Å². The second-order valence-electron chi connectivity index (χ2n) is 8.36. The van der Waals surface area contributed by atoms with Gasteiger partial charge in [0.15, 0.2) is 11.2 Å². The summed E-state index contributed by atoms with van der Waals surface area (Å²) < 4.78 is 71.7. The van der Waals surface area contributed by atoms with Crippen LogP contribution in [0.5, 0.6) is 5.75 Å². The third-order valence-corrected chi connectivity index (χ3v) is 6.08. The molecule has 0 aromatic carbocycles. The van der Waals surface area contributed by atoms with Crippen LogP contribution in [-0.4, -0.2) is 53.9 Å². The Balaban J connectivity index is 1.62. The number of aromatic nitrogens is 3. The number of piperidine rings is 1. The fourth-order valence-electron chi connectivity index (χ4n) is 4.59. The maximum absolute atomic E-state index is 13.7. The molecule has 1 aliphatic carbocycles. The van der Waals surface area contributed by atoms with Crippen LogP contribution in [-0.2, 0) is 6.18 Å². The highest BCUT2D eigenvalue weighted by Crippen LogP contribution is 2.40. The van der Waals surface area contributed by atoms with Crippen molar-refractivity contribution in [2.75, 3.05) is 31.6 Å². The monoisotopic (exact) mass is 485 g/mol. The molecule has 2 aromatic rings. The zero-order valence-corrected chi connectivity index (χ0v) is 18.6. The van der Waals surface area contributed by atoms with Crippen molar-refractivity contribution in [3.05, 3.63) is 41.4 Å². The molecular formula is C21H24F5N7O. The summed E-state index contributed by atoms with van der Waals surface area (Å²) in [6, 6.07) is 3.31. The summed E-state index contributed by atoms with van der Waals surface area (Å²) in [6.45, 7) is 2.20. The van der Waals surface area contributed by atoms with E-state index in [1.54, 1.807) is 0 Å². The number of rotatable bonds is 6. The minimum Gasteiger partial charge on any atom is -0.484 e. The molecule has 13 heteroatoms. The number of hydrogen-bond acceptors (Lipinski definition) is 7. The van der Waals surface area contributed by atoms with Crippen LogP contribution < -0.4 is 15.1 Å². The van der Waals surface area contributed by atoms with Gasteiger partial charge in [-0.05, 0) is 31.9 Å². The van der Waals surface area contributed by atoms with E-state index in [2.05, 4.69) is 30.2 Å². The molecule has 184 valence electrons. The predicted molar refractivity (Wildman–Crippen MR) is 112 cm³/mol. The molecule has 0 amide bonds. The maximum Gasteiger partial charge on any atom is 0.433 e. The fraction of sp³-hybridized carbons (Fsp3) is 0.571. The number of ether oxygens (including phenoxy) is 1. The highest BCUT2D eigenvalue weighted by atomic mass is 19.4. The summed E-state index contributed by atoms with van der Waals surface area (Å²) in [5.41, 5.74) is -0.608. The van der Waals surface area contributed by atoms with E-state index in [1.165, 1.54) is 13.4 Å². The number of nitrogens with zero attached hydrogens (tertiary/aromatic N) is 7. The minimum absolute atomic E-state index is 0.0907. The van der Waals surface area contributed by atoms with E-state index in [0.717, 1.165) is 36.5 Å². The number of aryl methyl sites for hydroxylation is 1. The van der Waals surface area contributed by atoms with Crippen molar-refractivity contribution in [1.82, 2.24) is 14.6 Å². The van der Waals surface area contributed by atoms with Gasteiger partial charge in [-0.1, -0.05) is 5.22 Å². The van der Waals surface area contributed by atoms with Crippen molar-refractivity contribution >= 4 is 5.82 Å². The van der Waals surface area contributed by atoms with Crippen LogP contribution in [0.15, 0.2) is 39.9 Å². The molecule has 1 unspecified atom stereocenters. The van der Waals surface area contributed by atoms with E-state index in [0.29, 0.717) is 17.8 Å². The Morgan fingerprint density at radius 2 is 1.85 bits per heavy atom. The molecule has 3 heterocycles. The predicted octanol–water partition coefficient (Wildman–Crippen LogP) is 3.91. The first-order chi connectivity index (χ1) is 16.2. The molecule has 2 bridgehead atoms. The first-order valence-corrected chi connectivity index (χ1v) is 10.8. The molecule has 2 aliphatic rings. The third-order valence-electron chi connectivity index (χ3n) is 6.08. The van der Waals surface area contributed by atoms with Gasteiger partial charge in [0, 0.05) is 43.7 Å². The molecule has 1 saturated heterocycles. The summed E-state index contributed by atoms with van der Waals surface area (Å²) in [7, 11) is 1.24. The van der Waals surface area contributed by atoms with Gasteiger partial charge in [-0.3, -0.25) is 4.99 Å². The van der Waals surface area contributed by atoms with Crippen LogP contribution in [0.25, 0.3) is 0 Å². The van der Waals surface area contributed by atoms with E-state index >= 15 is 0 Å². The van der Waals surface area contributed by atoms with Gasteiger partial charge in [0.2, 0.25) is 0 Å². The third kappa shape index (κ3) is 5.02. The van der Waals surface area contributed by atoms with Gasteiger partial charge >= 0.3 is 6.18 Å². The Kier molecular flexibility index (Phi) is 6.80. The van der Waals surface area contributed by atoms with Crippen molar-refractivity contribution in [3.63, 3.8) is 0 Å². The number of fused-ring (bicyclic) bond motifs is 2. The molecule has 0 radical (unpaired) electrons. The van der Waals surface area contributed by atoms with Crippen LogP contribution in [0.1, 0.15) is 24.2 Å². The molecule has 34 heavy (non-hydrogen) atoms. The highest BCUT2D eigenvalue weighted by molar-refractivity contribution is 5.40. The smallest absolute Gasteiger partial charge is 0.433 e. The molecule has 0 spiro atoms. The quantitative estimate of drug-likeness (QED) is 0.459. The van der Waals surface area contributed by atoms with Crippen molar-refractivity contribution in [3.8, 4) is 5.75 Å². The zero-order valence-electron chi connectivity index (χ0n) is 18.6. The number of halogens is 5. The van der Waals surface area contributed by atoms with Gasteiger partial charge in [-0.15, -0.1) is 0 Å². The second kappa shape index (κ2) is 9.63. The SMILES string of the molecule is CN=c1c(OCC(F)F)ccc(C(F)(F)F)n1N=NC1[C@@H]2CC[C@H]1CN(c1cc(C)ncn1)C2. The standard InChI is InChI=1S/C21H24F5N7O/c1-12-7-18(29-11-28-12)32-8-13-3-4-14(9-32)19(13)30-31-33-16(21(24,25)26)6-5-15(20(33)27-2)34-10-17(22)23/h5-7,11,13-14,17,19H,3-4,8-10H2,1-2H3/t13-,14+,19?. The number of alkyl halides is 5. The number of pyridine rings is 1. The minimum atomic E-state index is -4.76. The molecule has 1 aliphatic heterocycles. The van der Waals surface area contributed by atoms with E-state index in [1.807, 2.05) is 13.0 Å². The topological polar surface area (TPSA) is 80.3 Å². The molecule has 3 atom stereocenters. The molecule has 4 rings (SSSR count). The Bertz CT molecular complexity index is 1100.